The summed E-state index contributed by atoms with van der Waals surface area (Å²) in [5.74, 6) is -2.79. The fourth-order valence-corrected chi connectivity index (χ4v) is 4.80. The van der Waals surface area contributed by atoms with E-state index in [2.05, 4.69) is 10.0 Å². The minimum atomic E-state index is -3.91. The molecule has 1 aromatic carbocycles. The quantitative estimate of drug-likeness (QED) is 0.729. The van der Waals surface area contributed by atoms with Gasteiger partial charge in [-0.1, -0.05) is 0 Å². The van der Waals surface area contributed by atoms with E-state index in [1.807, 2.05) is 0 Å². The normalized spacial score (nSPS) is 19.8. The van der Waals surface area contributed by atoms with Gasteiger partial charge < -0.3 is 15.0 Å². The highest BCUT2D eigenvalue weighted by Crippen LogP contribution is 2.28. The number of hydrogen-bond acceptors (Lipinski definition) is 4. The molecule has 0 saturated carbocycles. The predicted octanol–water partition coefficient (Wildman–Crippen LogP) is 1.53. The zero-order chi connectivity index (χ0) is 19.9. The van der Waals surface area contributed by atoms with Crippen molar-refractivity contribution in [2.45, 2.75) is 36.8 Å². The van der Waals surface area contributed by atoms with Crippen LogP contribution in [0.25, 0.3) is 0 Å². The van der Waals surface area contributed by atoms with E-state index in [0.29, 0.717) is 12.0 Å². The molecule has 27 heavy (non-hydrogen) atoms. The monoisotopic (exact) mass is 399 g/mol. The van der Waals surface area contributed by atoms with E-state index < -0.39 is 39.7 Å². The Labute approximate surface area is 155 Å². The number of rotatable bonds is 3. The van der Waals surface area contributed by atoms with E-state index in [1.54, 1.807) is 0 Å². The first-order valence-corrected chi connectivity index (χ1v) is 9.73. The van der Waals surface area contributed by atoms with Crippen molar-refractivity contribution < 1.29 is 27.1 Å². The molecule has 0 fully saturated rings. The molecule has 1 aromatic heterocycles. The maximum Gasteiger partial charge on any atom is 0.272 e. The van der Waals surface area contributed by atoms with E-state index in [-0.39, 0.29) is 22.7 Å². The number of fused-ring (bicyclic) bond motifs is 1. The van der Waals surface area contributed by atoms with Crippen molar-refractivity contribution in [1.29, 1.82) is 0 Å². The molecule has 1 amide bonds. The summed E-state index contributed by atoms with van der Waals surface area (Å²) in [5.41, 5.74) is 0.463. The van der Waals surface area contributed by atoms with E-state index in [0.717, 1.165) is 12.1 Å². The van der Waals surface area contributed by atoms with Crippen LogP contribution < -0.4 is 10.0 Å². The molecule has 0 aliphatic carbocycles. The van der Waals surface area contributed by atoms with Crippen LogP contribution in [0, 0.1) is 11.6 Å². The predicted molar refractivity (Wildman–Crippen MR) is 93.8 cm³/mol. The molecule has 10 heteroatoms. The van der Waals surface area contributed by atoms with Crippen molar-refractivity contribution in [3.05, 3.63) is 47.3 Å². The highest BCUT2D eigenvalue weighted by molar-refractivity contribution is 7.89. The Kier molecular flexibility index (Phi) is 5.06. The van der Waals surface area contributed by atoms with Gasteiger partial charge in [-0.25, -0.2) is 21.9 Å². The molecule has 0 saturated heterocycles. The van der Waals surface area contributed by atoms with Crippen LogP contribution >= 0.6 is 0 Å². The molecule has 3 rings (SSSR count). The number of amides is 1. The lowest BCUT2D eigenvalue weighted by Gasteiger charge is -2.18. The van der Waals surface area contributed by atoms with E-state index >= 15 is 0 Å². The van der Waals surface area contributed by atoms with Crippen molar-refractivity contribution >= 4 is 21.6 Å². The second kappa shape index (κ2) is 7.02. The van der Waals surface area contributed by atoms with Crippen LogP contribution in [0.4, 0.5) is 14.5 Å². The minimum Gasteiger partial charge on any atom is -0.392 e. The Morgan fingerprint density at radius 3 is 2.70 bits per heavy atom. The van der Waals surface area contributed by atoms with Crippen molar-refractivity contribution in [1.82, 2.24) is 9.29 Å². The van der Waals surface area contributed by atoms with Gasteiger partial charge in [0.25, 0.3) is 5.91 Å². The first kappa shape index (κ1) is 19.5. The molecular weight excluding hydrogens is 380 g/mol. The largest absolute Gasteiger partial charge is 0.392 e. The Bertz CT molecular complexity index is 1000. The van der Waals surface area contributed by atoms with E-state index in [1.165, 1.54) is 30.8 Å². The van der Waals surface area contributed by atoms with Crippen LogP contribution in [0.5, 0.6) is 0 Å². The fraction of sp³-hybridized carbons (Fsp3) is 0.353. The molecule has 0 bridgehead atoms. The zero-order valence-electron chi connectivity index (χ0n) is 14.7. The third-order valence-corrected chi connectivity index (χ3v) is 6.07. The van der Waals surface area contributed by atoms with E-state index in [4.69, 9.17) is 0 Å². The number of nitrogens with zero attached hydrogens (tertiary/aromatic N) is 1. The molecule has 146 valence electrons. The SMILES string of the molecule is CC(O)[C@H]1CCc2c(cn(C)c2C(=O)Nc2ccc(F)c(F)c2)S(=O)(=O)N1. The lowest BCUT2D eigenvalue weighted by Crippen LogP contribution is -2.40. The molecule has 1 unspecified atom stereocenters. The molecule has 2 aromatic rings. The third kappa shape index (κ3) is 3.73. The summed E-state index contributed by atoms with van der Waals surface area (Å²) in [7, 11) is -2.39. The number of sulfonamides is 1. The first-order chi connectivity index (χ1) is 12.6. The van der Waals surface area contributed by atoms with Gasteiger partial charge in [-0.05, 0) is 31.9 Å². The lowest BCUT2D eigenvalue weighted by atomic mass is 10.0. The van der Waals surface area contributed by atoms with Crippen LogP contribution in [0.1, 0.15) is 29.4 Å². The molecule has 1 aliphatic heterocycles. The summed E-state index contributed by atoms with van der Waals surface area (Å²) < 4.78 is 55.4. The highest BCUT2D eigenvalue weighted by Gasteiger charge is 2.34. The van der Waals surface area contributed by atoms with Crippen LogP contribution in [0.3, 0.4) is 0 Å². The number of anilines is 1. The average molecular weight is 399 g/mol. The molecule has 0 spiro atoms. The second-order valence-corrected chi connectivity index (χ2v) is 8.20. The van der Waals surface area contributed by atoms with Gasteiger partial charge in [-0.15, -0.1) is 0 Å². The van der Waals surface area contributed by atoms with Crippen molar-refractivity contribution in [2.75, 3.05) is 5.32 Å². The molecule has 0 radical (unpaired) electrons. The number of benzene rings is 1. The summed E-state index contributed by atoms with van der Waals surface area (Å²) in [6, 6.07) is 2.27. The summed E-state index contributed by atoms with van der Waals surface area (Å²) >= 11 is 0. The smallest absolute Gasteiger partial charge is 0.272 e. The number of aliphatic hydroxyl groups excluding tert-OH is 1. The number of aryl methyl sites for hydroxylation is 1. The number of nitrogens with one attached hydrogen (secondary N) is 2. The van der Waals surface area contributed by atoms with Crippen LogP contribution in [0.15, 0.2) is 29.3 Å². The molecule has 2 heterocycles. The average Bonchev–Trinajstić information content (AvgIpc) is 2.85. The lowest BCUT2D eigenvalue weighted by molar-refractivity contribution is 0.101. The topological polar surface area (TPSA) is 100 Å². The van der Waals surface area contributed by atoms with Gasteiger partial charge >= 0.3 is 0 Å². The maximum atomic E-state index is 13.4. The number of halogens is 2. The number of carbonyl (C=O) groups is 1. The van der Waals surface area contributed by atoms with Crippen molar-refractivity contribution in [3.8, 4) is 0 Å². The number of carbonyl (C=O) groups excluding carboxylic acids is 1. The summed E-state index contributed by atoms with van der Waals surface area (Å²) in [6.07, 6.45) is 0.983. The molecule has 3 N–H and O–H groups in total. The second-order valence-electron chi connectivity index (χ2n) is 6.52. The first-order valence-electron chi connectivity index (χ1n) is 8.25. The molecule has 1 aliphatic rings. The number of aliphatic hydroxyl groups is 1. The summed E-state index contributed by atoms with van der Waals surface area (Å²) in [5, 5.41) is 12.2. The molecule has 2 atom stereocenters. The Morgan fingerprint density at radius 1 is 1.37 bits per heavy atom. The summed E-state index contributed by atoms with van der Waals surface area (Å²) in [6.45, 7) is 1.49. The number of hydrogen-bond donors (Lipinski definition) is 3. The van der Waals surface area contributed by atoms with Gasteiger partial charge in [-0.3, -0.25) is 4.79 Å². The Balaban J connectivity index is 1.97. The number of aromatic nitrogens is 1. The molecular formula is C17H19F2N3O4S. The summed E-state index contributed by atoms with van der Waals surface area (Å²) in [4.78, 5) is 12.7. The van der Waals surface area contributed by atoms with Crippen LogP contribution in [-0.4, -0.2) is 36.1 Å². The van der Waals surface area contributed by atoms with Crippen LogP contribution in [0.2, 0.25) is 0 Å². The molecule has 7 nitrogen and oxygen atoms in total. The fourth-order valence-electron chi connectivity index (χ4n) is 3.14. The minimum absolute atomic E-state index is 0.0383. The van der Waals surface area contributed by atoms with Gasteiger partial charge in [-0.2, -0.15) is 0 Å². The van der Waals surface area contributed by atoms with Gasteiger partial charge in [0.05, 0.1) is 6.10 Å². The highest BCUT2D eigenvalue weighted by atomic mass is 32.2. The van der Waals surface area contributed by atoms with Gasteiger partial charge in [0, 0.05) is 36.6 Å². The van der Waals surface area contributed by atoms with Crippen molar-refractivity contribution in [2.24, 2.45) is 7.05 Å². The zero-order valence-corrected chi connectivity index (χ0v) is 15.5. The van der Waals surface area contributed by atoms with Gasteiger partial charge in [0.1, 0.15) is 10.6 Å². The maximum absolute atomic E-state index is 13.4. The van der Waals surface area contributed by atoms with Crippen molar-refractivity contribution in [3.63, 3.8) is 0 Å². The van der Waals surface area contributed by atoms with Gasteiger partial charge in [0.2, 0.25) is 10.0 Å². The Morgan fingerprint density at radius 2 is 2.07 bits per heavy atom. The standard InChI is InChI=1S/C17H19F2N3O4S/c1-9(23)14-6-4-11-15(27(25,26)21-14)8-22(2)16(11)17(24)20-10-3-5-12(18)13(19)7-10/h3,5,7-9,14,21,23H,4,6H2,1-2H3,(H,20,24)/t9?,14-/m1/s1. The Hall–Kier alpha value is -2.30. The van der Waals surface area contributed by atoms with E-state index in [9.17, 15) is 27.1 Å². The third-order valence-electron chi connectivity index (χ3n) is 4.52. The van der Waals surface area contributed by atoms with Gasteiger partial charge in [0.15, 0.2) is 11.6 Å². The van der Waals surface area contributed by atoms with Crippen LogP contribution in [-0.2, 0) is 23.5 Å².